The van der Waals surface area contributed by atoms with Gasteiger partial charge in [-0.2, -0.15) is 0 Å². The summed E-state index contributed by atoms with van der Waals surface area (Å²) in [6.45, 7) is 2.55. The van der Waals surface area contributed by atoms with Crippen molar-refractivity contribution in [2.45, 2.75) is 0 Å². The van der Waals surface area contributed by atoms with E-state index in [1.54, 1.807) is 63.0 Å². The zero-order valence-corrected chi connectivity index (χ0v) is 15.6. The Morgan fingerprint density at radius 2 is 1.26 bits per heavy atom. The lowest BCUT2D eigenvalue weighted by molar-refractivity contribution is 0.412. The van der Waals surface area contributed by atoms with Crippen LogP contribution in [-0.2, 0) is 0 Å². The molecule has 7 nitrogen and oxygen atoms in total. The number of aliphatic imine (C=N–C) groups is 2. The Labute approximate surface area is 159 Å². The standard InChI is InChI=1S/C20H25N3O4/c1-26-17-3-5-19(24)15(11-17)13-22-9-7-21-8-10-23-14-16-12-18(27-2)4-6-20(16)25/h3-6,11-14,21,24-25H,7-10H2,1-2H3. The third kappa shape index (κ3) is 6.63. The van der Waals surface area contributed by atoms with Crippen molar-refractivity contribution in [1.82, 2.24) is 5.32 Å². The maximum Gasteiger partial charge on any atom is 0.124 e. The lowest BCUT2D eigenvalue weighted by Crippen LogP contribution is -2.20. The van der Waals surface area contributed by atoms with Crippen molar-refractivity contribution in [2.24, 2.45) is 9.98 Å². The van der Waals surface area contributed by atoms with Gasteiger partial charge in [0.2, 0.25) is 0 Å². The lowest BCUT2D eigenvalue weighted by atomic mass is 10.2. The number of aromatic hydroxyl groups is 2. The van der Waals surface area contributed by atoms with Crippen LogP contribution >= 0.6 is 0 Å². The summed E-state index contributed by atoms with van der Waals surface area (Å²) in [5.41, 5.74) is 1.24. The fourth-order valence-corrected chi connectivity index (χ4v) is 2.26. The fourth-order valence-electron chi connectivity index (χ4n) is 2.26. The van der Waals surface area contributed by atoms with Crippen molar-refractivity contribution in [3.63, 3.8) is 0 Å². The molecule has 0 amide bonds. The topological polar surface area (TPSA) is 95.7 Å². The van der Waals surface area contributed by atoms with E-state index in [0.29, 0.717) is 48.8 Å². The van der Waals surface area contributed by atoms with E-state index in [1.165, 1.54) is 0 Å². The molecule has 0 aliphatic carbocycles. The number of hydrogen-bond donors (Lipinski definition) is 3. The molecule has 0 heterocycles. The van der Waals surface area contributed by atoms with Gasteiger partial charge in [-0.25, -0.2) is 0 Å². The quantitative estimate of drug-likeness (QED) is 0.440. The monoisotopic (exact) mass is 371 g/mol. The molecule has 0 saturated heterocycles. The fraction of sp³-hybridized carbons (Fsp3) is 0.300. The predicted molar refractivity (Wildman–Crippen MR) is 107 cm³/mol. The van der Waals surface area contributed by atoms with Crippen LogP contribution in [0.25, 0.3) is 0 Å². The van der Waals surface area contributed by atoms with E-state index < -0.39 is 0 Å². The van der Waals surface area contributed by atoms with Gasteiger partial charge in [-0.1, -0.05) is 0 Å². The highest BCUT2D eigenvalue weighted by atomic mass is 16.5. The second-order valence-electron chi connectivity index (χ2n) is 5.67. The summed E-state index contributed by atoms with van der Waals surface area (Å²) in [6, 6.07) is 10.0. The summed E-state index contributed by atoms with van der Waals surface area (Å²) < 4.78 is 10.2. The van der Waals surface area contributed by atoms with E-state index in [1.807, 2.05) is 0 Å². The molecule has 2 aromatic rings. The minimum atomic E-state index is 0.169. The van der Waals surface area contributed by atoms with Crippen molar-refractivity contribution in [1.29, 1.82) is 0 Å². The Bertz CT molecular complexity index is 725. The average molecular weight is 371 g/mol. The highest BCUT2D eigenvalue weighted by Crippen LogP contribution is 2.21. The molecule has 0 aliphatic rings. The summed E-state index contributed by atoms with van der Waals surface area (Å²) in [7, 11) is 3.16. The Hall–Kier alpha value is -3.06. The van der Waals surface area contributed by atoms with Crippen molar-refractivity contribution in [3.8, 4) is 23.0 Å². The first-order chi connectivity index (χ1) is 13.1. The molecule has 0 radical (unpaired) electrons. The number of benzene rings is 2. The number of phenols is 2. The summed E-state index contributed by atoms with van der Waals surface area (Å²) in [5, 5.41) is 22.8. The largest absolute Gasteiger partial charge is 0.507 e. The maximum absolute atomic E-state index is 9.77. The zero-order chi connectivity index (χ0) is 19.5. The zero-order valence-electron chi connectivity index (χ0n) is 15.6. The van der Waals surface area contributed by atoms with Gasteiger partial charge >= 0.3 is 0 Å². The maximum atomic E-state index is 9.77. The molecule has 27 heavy (non-hydrogen) atoms. The first-order valence-corrected chi connectivity index (χ1v) is 8.58. The van der Waals surface area contributed by atoms with Gasteiger partial charge in [-0.15, -0.1) is 0 Å². The summed E-state index contributed by atoms with van der Waals surface area (Å²) in [4.78, 5) is 8.57. The van der Waals surface area contributed by atoms with Gasteiger partial charge in [0, 0.05) is 36.6 Å². The van der Waals surface area contributed by atoms with Crippen LogP contribution in [-0.4, -0.2) is 63.0 Å². The Morgan fingerprint density at radius 1 is 0.815 bits per heavy atom. The van der Waals surface area contributed by atoms with Crippen molar-refractivity contribution in [3.05, 3.63) is 47.5 Å². The minimum Gasteiger partial charge on any atom is -0.507 e. The molecular formula is C20H25N3O4. The molecule has 0 spiro atoms. The first kappa shape index (κ1) is 20.3. The van der Waals surface area contributed by atoms with Crippen LogP contribution in [0.2, 0.25) is 0 Å². The van der Waals surface area contributed by atoms with Crippen LogP contribution in [0.3, 0.4) is 0 Å². The highest BCUT2D eigenvalue weighted by molar-refractivity contribution is 5.84. The van der Waals surface area contributed by atoms with Crippen molar-refractivity contribution >= 4 is 12.4 Å². The van der Waals surface area contributed by atoms with Crippen LogP contribution in [0.15, 0.2) is 46.4 Å². The van der Waals surface area contributed by atoms with E-state index >= 15 is 0 Å². The summed E-state index contributed by atoms with van der Waals surface area (Å²) >= 11 is 0. The van der Waals surface area contributed by atoms with E-state index in [9.17, 15) is 10.2 Å². The molecule has 2 aromatic carbocycles. The normalized spacial score (nSPS) is 11.3. The minimum absolute atomic E-state index is 0.169. The Balaban J connectivity index is 1.68. The van der Waals surface area contributed by atoms with Crippen molar-refractivity contribution < 1.29 is 19.7 Å². The summed E-state index contributed by atoms with van der Waals surface area (Å²) in [5.74, 6) is 1.69. The van der Waals surface area contributed by atoms with Gasteiger partial charge in [-0.05, 0) is 36.4 Å². The molecule has 0 fully saturated rings. The molecule has 2 rings (SSSR count). The molecule has 144 valence electrons. The third-order valence-corrected chi connectivity index (χ3v) is 3.77. The van der Waals surface area contributed by atoms with Gasteiger partial charge in [0.25, 0.3) is 0 Å². The SMILES string of the molecule is COc1ccc(O)c(C=NCCNCCN=Cc2cc(OC)ccc2O)c1. The van der Waals surface area contributed by atoms with Crippen LogP contribution in [0.4, 0.5) is 0 Å². The number of rotatable bonds is 10. The average Bonchev–Trinajstić information content (AvgIpc) is 2.69. The molecule has 0 unspecified atom stereocenters. The molecular weight excluding hydrogens is 346 g/mol. The molecule has 0 bridgehead atoms. The van der Waals surface area contributed by atoms with Crippen LogP contribution < -0.4 is 14.8 Å². The lowest BCUT2D eigenvalue weighted by Gasteiger charge is -2.04. The van der Waals surface area contributed by atoms with Gasteiger partial charge in [0.05, 0.1) is 27.3 Å². The molecule has 0 aromatic heterocycles. The molecule has 0 atom stereocenters. The number of nitrogens with one attached hydrogen (secondary N) is 1. The van der Waals surface area contributed by atoms with E-state index in [0.717, 1.165) is 0 Å². The Kier molecular flexibility index (Phi) is 8.12. The van der Waals surface area contributed by atoms with E-state index in [2.05, 4.69) is 15.3 Å². The second kappa shape index (κ2) is 10.8. The highest BCUT2D eigenvalue weighted by Gasteiger charge is 2.01. The van der Waals surface area contributed by atoms with Gasteiger partial charge < -0.3 is 25.0 Å². The molecule has 7 heteroatoms. The van der Waals surface area contributed by atoms with Crippen LogP contribution in [0.1, 0.15) is 11.1 Å². The van der Waals surface area contributed by atoms with Crippen molar-refractivity contribution in [2.75, 3.05) is 40.4 Å². The van der Waals surface area contributed by atoms with Gasteiger partial charge in [0.1, 0.15) is 23.0 Å². The smallest absolute Gasteiger partial charge is 0.124 e. The predicted octanol–water partition coefficient (Wildman–Crippen LogP) is 2.24. The number of hydrogen-bond acceptors (Lipinski definition) is 7. The molecule has 3 N–H and O–H groups in total. The number of nitrogens with zero attached hydrogens (tertiary/aromatic N) is 2. The van der Waals surface area contributed by atoms with Gasteiger partial charge in [-0.3, -0.25) is 9.98 Å². The summed E-state index contributed by atoms with van der Waals surface area (Å²) in [6.07, 6.45) is 3.26. The van der Waals surface area contributed by atoms with Crippen LogP contribution in [0.5, 0.6) is 23.0 Å². The third-order valence-electron chi connectivity index (χ3n) is 3.77. The Morgan fingerprint density at radius 3 is 1.67 bits per heavy atom. The second-order valence-corrected chi connectivity index (χ2v) is 5.67. The first-order valence-electron chi connectivity index (χ1n) is 8.58. The van der Waals surface area contributed by atoms with Gasteiger partial charge in [0.15, 0.2) is 0 Å². The van der Waals surface area contributed by atoms with Crippen LogP contribution in [0, 0.1) is 0 Å². The van der Waals surface area contributed by atoms with E-state index in [-0.39, 0.29) is 11.5 Å². The number of ether oxygens (including phenoxy) is 2. The van der Waals surface area contributed by atoms with E-state index in [4.69, 9.17) is 9.47 Å². The number of methoxy groups -OCH3 is 2. The molecule has 0 saturated carbocycles. The molecule has 0 aliphatic heterocycles. The number of phenolic OH excluding ortho intramolecular Hbond substituents is 2.